The Kier molecular flexibility index (Phi) is 3.65. The van der Waals surface area contributed by atoms with E-state index in [0.717, 1.165) is 0 Å². The van der Waals surface area contributed by atoms with Gasteiger partial charge in [0.2, 0.25) is 11.8 Å². The van der Waals surface area contributed by atoms with Gasteiger partial charge >= 0.3 is 0 Å². The molecule has 0 bridgehead atoms. The predicted molar refractivity (Wildman–Crippen MR) is 69.2 cm³/mol. The minimum Gasteiger partial charge on any atom is -0.494 e. The van der Waals surface area contributed by atoms with Crippen molar-refractivity contribution in [2.24, 2.45) is 0 Å². The Bertz CT molecular complexity index is 592. The van der Waals surface area contributed by atoms with Gasteiger partial charge in [-0.15, -0.1) is 0 Å². The smallest absolute Gasteiger partial charge is 0.225 e. The molecule has 0 unspecified atom stereocenters. The minimum atomic E-state index is -0.387. The molecule has 100 valence electrons. The number of nitrogens with two attached hydrogens (primary N) is 1. The molecule has 2 aromatic rings. The van der Waals surface area contributed by atoms with Crippen molar-refractivity contribution in [1.29, 1.82) is 0 Å². The van der Waals surface area contributed by atoms with Crippen LogP contribution in [0.15, 0.2) is 24.3 Å². The molecule has 0 fully saturated rings. The summed E-state index contributed by atoms with van der Waals surface area (Å²) in [4.78, 5) is 7.87. The maximum Gasteiger partial charge on any atom is 0.225 e. The molecule has 0 aliphatic carbocycles. The van der Waals surface area contributed by atoms with Gasteiger partial charge in [-0.05, 0) is 12.1 Å². The molecular weight excluding hydrogens is 251 g/mol. The lowest BCUT2D eigenvalue weighted by Crippen LogP contribution is -2.02. The van der Waals surface area contributed by atoms with Crippen LogP contribution in [-0.2, 0) is 0 Å². The fourth-order valence-corrected chi connectivity index (χ4v) is 1.52. The van der Waals surface area contributed by atoms with Crippen LogP contribution in [0.3, 0.4) is 0 Å². The first-order chi connectivity index (χ1) is 9.12. The molecule has 19 heavy (non-hydrogen) atoms. The highest BCUT2D eigenvalue weighted by molar-refractivity contribution is 5.65. The summed E-state index contributed by atoms with van der Waals surface area (Å²) in [5.74, 6) is 0.798. The maximum atomic E-state index is 13.1. The van der Waals surface area contributed by atoms with Crippen LogP contribution < -0.4 is 20.5 Å². The summed E-state index contributed by atoms with van der Waals surface area (Å²) in [6, 6.07) is 5.69. The standard InChI is InChI=1S/C12H13FN4O2/c1-18-9-5-7(13)3-4-8(9)15-10-6-11(19-2)17-12(14)16-10/h3-6H,1-2H3,(H3,14,15,16,17). The number of nitrogens with zero attached hydrogens (tertiary/aromatic N) is 2. The molecule has 1 aromatic heterocycles. The quantitative estimate of drug-likeness (QED) is 0.878. The highest BCUT2D eigenvalue weighted by Gasteiger charge is 2.08. The third kappa shape index (κ3) is 3.01. The van der Waals surface area contributed by atoms with Gasteiger partial charge in [0.05, 0.1) is 19.9 Å². The van der Waals surface area contributed by atoms with Gasteiger partial charge in [0, 0.05) is 12.1 Å². The molecule has 1 aromatic carbocycles. The molecule has 0 aliphatic rings. The largest absolute Gasteiger partial charge is 0.494 e. The number of aromatic nitrogens is 2. The second kappa shape index (κ2) is 5.38. The van der Waals surface area contributed by atoms with E-state index in [1.807, 2.05) is 0 Å². The van der Waals surface area contributed by atoms with E-state index in [0.29, 0.717) is 23.1 Å². The van der Waals surface area contributed by atoms with Crippen molar-refractivity contribution in [2.75, 3.05) is 25.3 Å². The molecule has 0 saturated carbocycles. The third-order valence-corrected chi connectivity index (χ3v) is 2.36. The zero-order valence-corrected chi connectivity index (χ0v) is 10.5. The van der Waals surface area contributed by atoms with E-state index < -0.39 is 0 Å². The van der Waals surface area contributed by atoms with E-state index in [1.54, 1.807) is 12.1 Å². The number of nitrogen functional groups attached to an aromatic ring is 1. The van der Waals surface area contributed by atoms with Gasteiger partial charge in [0.15, 0.2) is 0 Å². The number of hydrogen-bond acceptors (Lipinski definition) is 6. The molecule has 2 rings (SSSR count). The Balaban J connectivity index is 2.33. The van der Waals surface area contributed by atoms with Gasteiger partial charge in [-0.3, -0.25) is 0 Å². The Morgan fingerprint density at radius 1 is 1.16 bits per heavy atom. The number of methoxy groups -OCH3 is 2. The van der Waals surface area contributed by atoms with E-state index in [4.69, 9.17) is 15.2 Å². The van der Waals surface area contributed by atoms with Gasteiger partial charge in [-0.1, -0.05) is 0 Å². The second-order valence-corrected chi connectivity index (χ2v) is 3.62. The number of halogens is 1. The van der Waals surface area contributed by atoms with Gasteiger partial charge < -0.3 is 20.5 Å². The number of ether oxygens (including phenoxy) is 2. The summed E-state index contributed by atoms with van der Waals surface area (Å²) >= 11 is 0. The van der Waals surface area contributed by atoms with Crippen molar-refractivity contribution in [3.8, 4) is 11.6 Å². The maximum absolute atomic E-state index is 13.1. The molecule has 6 nitrogen and oxygen atoms in total. The zero-order chi connectivity index (χ0) is 13.8. The lowest BCUT2D eigenvalue weighted by atomic mass is 10.3. The Hall–Kier alpha value is -2.57. The first-order valence-electron chi connectivity index (χ1n) is 5.41. The second-order valence-electron chi connectivity index (χ2n) is 3.62. The summed E-state index contributed by atoms with van der Waals surface area (Å²) in [5, 5.41) is 2.96. The van der Waals surface area contributed by atoms with Crippen LogP contribution >= 0.6 is 0 Å². The van der Waals surface area contributed by atoms with E-state index in [-0.39, 0.29) is 11.8 Å². The molecule has 1 heterocycles. The number of rotatable bonds is 4. The lowest BCUT2D eigenvalue weighted by Gasteiger charge is -2.11. The van der Waals surface area contributed by atoms with Crippen LogP contribution in [0.5, 0.6) is 11.6 Å². The highest BCUT2D eigenvalue weighted by Crippen LogP contribution is 2.28. The first kappa shape index (κ1) is 12.9. The van der Waals surface area contributed by atoms with E-state index >= 15 is 0 Å². The van der Waals surface area contributed by atoms with E-state index in [2.05, 4.69) is 15.3 Å². The van der Waals surface area contributed by atoms with Crippen molar-refractivity contribution < 1.29 is 13.9 Å². The van der Waals surface area contributed by atoms with Crippen LogP contribution in [0, 0.1) is 5.82 Å². The normalized spacial score (nSPS) is 10.1. The average Bonchev–Trinajstić information content (AvgIpc) is 2.40. The van der Waals surface area contributed by atoms with Gasteiger partial charge in [-0.2, -0.15) is 9.97 Å². The summed E-state index contributed by atoms with van der Waals surface area (Å²) in [6.45, 7) is 0. The molecule has 7 heteroatoms. The molecule has 0 spiro atoms. The van der Waals surface area contributed by atoms with Crippen molar-refractivity contribution in [3.63, 3.8) is 0 Å². The molecule has 0 saturated heterocycles. The summed E-state index contributed by atoms with van der Waals surface area (Å²) in [5.41, 5.74) is 6.11. The fraction of sp³-hybridized carbons (Fsp3) is 0.167. The van der Waals surface area contributed by atoms with Crippen LogP contribution in [0.4, 0.5) is 21.8 Å². The number of nitrogens with one attached hydrogen (secondary N) is 1. The summed E-state index contributed by atoms with van der Waals surface area (Å²) in [7, 11) is 2.93. The van der Waals surface area contributed by atoms with Crippen LogP contribution in [0.1, 0.15) is 0 Å². The molecular formula is C12H13FN4O2. The van der Waals surface area contributed by atoms with Crippen LogP contribution in [-0.4, -0.2) is 24.2 Å². The monoisotopic (exact) mass is 264 g/mol. The van der Waals surface area contributed by atoms with Crippen molar-refractivity contribution in [1.82, 2.24) is 9.97 Å². The van der Waals surface area contributed by atoms with Gasteiger partial charge in [0.1, 0.15) is 17.4 Å². The average molecular weight is 264 g/mol. The predicted octanol–water partition coefficient (Wildman–Crippen LogP) is 1.96. The van der Waals surface area contributed by atoms with Crippen molar-refractivity contribution >= 4 is 17.5 Å². The topological polar surface area (TPSA) is 82.3 Å². The van der Waals surface area contributed by atoms with Crippen LogP contribution in [0.25, 0.3) is 0 Å². The van der Waals surface area contributed by atoms with E-state index in [1.165, 1.54) is 26.4 Å². The Labute approximate surface area is 109 Å². The van der Waals surface area contributed by atoms with Crippen LogP contribution in [0.2, 0.25) is 0 Å². The SMILES string of the molecule is COc1cc(Nc2ccc(F)cc2OC)nc(N)n1. The van der Waals surface area contributed by atoms with Gasteiger partial charge in [-0.25, -0.2) is 4.39 Å². The lowest BCUT2D eigenvalue weighted by molar-refractivity contribution is 0.398. The highest BCUT2D eigenvalue weighted by atomic mass is 19.1. The van der Waals surface area contributed by atoms with E-state index in [9.17, 15) is 4.39 Å². The number of anilines is 3. The Morgan fingerprint density at radius 2 is 1.95 bits per heavy atom. The third-order valence-electron chi connectivity index (χ3n) is 2.36. The zero-order valence-electron chi connectivity index (χ0n) is 10.5. The molecule has 3 N–H and O–H groups in total. The van der Waals surface area contributed by atoms with Gasteiger partial charge in [0.25, 0.3) is 0 Å². The Morgan fingerprint density at radius 3 is 2.63 bits per heavy atom. The molecule has 0 amide bonds. The summed E-state index contributed by atoms with van der Waals surface area (Å²) < 4.78 is 23.1. The molecule has 0 atom stereocenters. The first-order valence-corrected chi connectivity index (χ1v) is 5.41. The fourth-order valence-electron chi connectivity index (χ4n) is 1.52. The minimum absolute atomic E-state index is 0.0722. The number of benzene rings is 1. The number of hydrogen-bond donors (Lipinski definition) is 2. The van der Waals surface area contributed by atoms with Crippen molar-refractivity contribution in [2.45, 2.75) is 0 Å². The summed E-state index contributed by atoms with van der Waals surface area (Å²) in [6.07, 6.45) is 0. The molecule has 0 radical (unpaired) electrons. The molecule has 0 aliphatic heterocycles. The van der Waals surface area contributed by atoms with Crippen molar-refractivity contribution in [3.05, 3.63) is 30.1 Å².